The number of hydrogen-bond donors (Lipinski definition) is 0. The van der Waals surface area contributed by atoms with Gasteiger partial charge in [-0.05, 0) is 18.6 Å². The molecular weight excluding hydrogens is 273 g/mol. The molecule has 0 aliphatic heterocycles. The van der Waals surface area contributed by atoms with Gasteiger partial charge in [0.25, 0.3) is 0 Å². The van der Waals surface area contributed by atoms with Gasteiger partial charge in [-0.3, -0.25) is 0 Å². The molecule has 0 fully saturated rings. The number of halogens is 3. The van der Waals surface area contributed by atoms with Gasteiger partial charge in [-0.25, -0.2) is 4.98 Å². The van der Waals surface area contributed by atoms with Crippen molar-refractivity contribution in [2.75, 3.05) is 11.9 Å². The van der Waals surface area contributed by atoms with Crippen LogP contribution in [0.15, 0.2) is 30.5 Å². The van der Waals surface area contributed by atoms with Crippen molar-refractivity contribution in [3.8, 4) is 0 Å². The maximum atomic E-state index is 12.9. The van der Waals surface area contributed by atoms with Gasteiger partial charge in [0.15, 0.2) is 5.13 Å². The lowest BCUT2D eigenvalue weighted by Crippen LogP contribution is -2.19. The summed E-state index contributed by atoms with van der Waals surface area (Å²) in [5, 5.41) is 0.717. The quantitative estimate of drug-likeness (QED) is 0.844. The zero-order valence-electron chi connectivity index (χ0n) is 10.5. The number of anilines is 1. The summed E-state index contributed by atoms with van der Waals surface area (Å²) in [6.07, 6.45) is -2.61. The van der Waals surface area contributed by atoms with E-state index in [-0.39, 0.29) is 12.1 Å². The Morgan fingerprint density at radius 1 is 1.26 bits per heavy atom. The average Bonchev–Trinajstić information content (AvgIpc) is 2.75. The van der Waals surface area contributed by atoms with E-state index in [9.17, 15) is 13.2 Å². The smallest absolute Gasteiger partial charge is 0.347 e. The van der Waals surface area contributed by atoms with Crippen molar-refractivity contribution in [1.82, 2.24) is 4.98 Å². The third-order valence-electron chi connectivity index (χ3n) is 2.67. The molecule has 6 heteroatoms. The van der Waals surface area contributed by atoms with Crippen molar-refractivity contribution in [2.24, 2.45) is 0 Å². The molecule has 0 unspecified atom stereocenters. The lowest BCUT2D eigenvalue weighted by Gasteiger charge is -2.19. The molecule has 2 aromatic rings. The summed E-state index contributed by atoms with van der Waals surface area (Å²) in [7, 11) is 1.74. The monoisotopic (exact) mass is 286 g/mol. The first kappa shape index (κ1) is 13.9. The van der Waals surface area contributed by atoms with Crippen molar-refractivity contribution < 1.29 is 13.2 Å². The molecule has 0 atom stereocenters. The van der Waals surface area contributed by atoms with Crippen LogP contribution in [-0.4, -0.2) is 12.0 Å². The average molecular weight is 286 g/mol. The summed E-state index contributed by atoms with van der Waals surface area (Å²) >= 11 is 1.46. The highest BCUT2D eigenvalue weighted by Crippen LogP contribution is 2.33. The number of aryl methyl sites for hydroxylation is 1. The Bertz CT molecular complexity index is 563. The van der Waals surface area contributed by atoms with Crippen LogP contribution in [0.25, 0.3) is 0 Å². The first-order valence-electron chi connectivity index (χ1n) is 5.66. The molecule has 0 saturated carbocycles. The van der Waals surface area contributed by atoms with Gasteiger partial charge in [-0.15, -0.1) is 11.3 Å². The van der Waals surface area contributed by atoms with Gasteiger partial charge < -0.3 is 4.90 Å². The minimum atomic E-state index is -4.32. The Hall–Kier alpha value is -1.56. The van der Waals surface area contributed by atoms with Crippen LogP contribution in [0.2, 0.25) is 0 Å². The summed E-state index contributed by atoms with van der Waals surface area (Å²) in [6, 6.07) is 5.63. The number of nitrogens with zero attached hydrogens (tertiary/aromatic N) is 2. The molecule has 1 aromatic heterocycles. The van der Waals surface area contributed by atoms with E-state index < -0.39 is 11.7 Å². The summed E-state index contributed by atoms with van der Waals surface area (Å²) in [4.78, 5) is 6.92. The summed E-state index contributed by atoms with van der Waals surface area (Å²) in [5.41, 5.74) is -0.333. The molecule has 0 amide bonds. The fraction of sp³-hybridized carbons (Fsp3) is 0.308. The first-order chi connectivity index (χ1) is 8.88. The fourth-order valence-corrected chi connectivity index (χ4v) is 2.50. The zero-order valence-corrected chi connectivity index (χ0v) is 11.3. The molecule has 19 heavy (non-hydrogen) atoms. The second kappa shape index (κ2) is 5.21. The molecule has 102 valence electrons. The molecule has 1 aromatic carbocycles. The molecule has 0 N–H and O–H groups in total. The summed E-state index contributed by atoms with van der Waals surface area (Å²) in [6.45, 7) is 2.10. The largest absolute Gasteiger partial charge is 0.416 e. The predicted molar refractivity (Wildman–Crippen MR) is 70.4 cm³/mol. The van der Waals surface area contributed by atoms with Crippen LogP contribution in [-0.2, 0) is 12.7 Å². The highest BCUT2D eigenvalue weighted by molar-refractivity contribution is 7.15. The normalized spacial score (nSPS) is 11.6. The van der Waals surface area contributed by atoms with E-state index in [1.165, 1.54) is 23.5 Å². The van der Waals surface area contributed by atoms with E-state index >= 15 is 0 Å². The van der Waals surface area contributed by atoms with E-state index in [0.717, 1.165) is 16.1 Å². The minimum absolute atomic E-state index is 0.183. The minimum Gasteiger partial charge on any atom is -0.347 e. The first-order valence-corrected chi connectivity index (χ1v) is 6.48. The maximum Gasteiger partial charge on any atom is 0.416 e. The van der Waals surface area contributed by atoms with Crippen LogP contribution in [0.1, 0.15) is 16.0 Å². The summed E-state index contributed by atoms with van der Waals surface area (Å²) < 4.78 is 38.6. The number of alkyl halides is 3. The van der Waals surface area contributed by atoms with Gasteiger partial charge in [0.2, 0.25) is 0 Å². The number of benzene rings is 1. The van der Waals surface area contributed by atoms with Crippen molar-refractivity contribution in [2.45, 2.75) is 19.6 Å². The third-order valence-corrected chi connectivity index (χ3v) is 3.69. The van der Waals surface area contributed by atoms with Crippen LogP contribution >= 0.6 is 11.3 Å². The van der Waals surface area contributed by atoms with Gasteiger partial charge >= 0.3 is 6.18 Å². The number of aromatic nitrogens is 1. The van der Waals surface area contributed by atoms with Crippen LogP contribution in [0.4, 0.5) is 18.3 Å². The molecule has 2 nitrogen and oxygen atoms in total. The van der Waals surface area contributed by atoms with Gasteiger partial charge in [0.1, 0.15) is 0 Å². The number of rotatable bonds is 3. The van der Waals surface area contributed by atoms with Gasteiger partial charge in [-0.1, -0.05) is 18.2 Å². The third kappa shape index (κ3) is 3.26. The zero-order chi connectivity index (χ0) is 14.0. The van der Waals surface area contributed by atoms with E-state index in [0.29, 0.717) is 0 Å². The fourth-order valence-electron chi connectivity index (χ4n) is 1.78. The van der Waals surface area contributed by atoms with E-state index in [2.05, 4.69) is 4.98 Å². The van der Waals surface area contributed by atoms with Crippen molar-refractivity contribution >= 4 is 16.5 Å². The predicted octanol–water partition coefficient (Wildman–Crippen LogP) is 4.11. The standard InChI is InChI=1S/C13H13F3N2S/c1-9-7-17-12(19-9)18(2)8-10-5-3-4-6-11(10)13(14,15)16/h3-7H,8H2,1-2H3. The molecule has 1 heterocycles. The van der Waals surface area contributed by atoms with Crippen LogP contribution in [0.5, 0.6) is 0 Å². The molecule has 0 radical (unpaired) electrons. The van der Waals surface area contributed by atoms with E-state index in [1.807, 2.05) is 6.92 Å². The molecule has 0 aliphatic rings. The van der Waals surface area contributed by atoms with Crippen LogP contribution in [0.3, 0.4) is 0 Å². The van der Waals surface area contributed by atoms with Gasteiger partial charge in [0, 0.05) is 24.7 Å². The van der Waals surface area contributed by atoms with Crippen molar-refractivity contribution in [1.29, 1.82) is 0 Å². The second-order valence-corrected chi connectivity index (χ2v) is 5.48. The number of hydrogen-bond acceptors (Lipinski definition) is 3. The lowest BCUT2D eigenvalue weighted by molar-refractivity contribution is -0.138. The maximum absolute atomic E-state index is 12.9. The van der Waals surface area contributed by atoms with E-state index in [4.69, 9.17) is 0 Å². The Labute approximate surface area is 113 Å². The molecule has 0 aliphatic carbocycles. The highest BCUT2D eigenvalue weighted by atomic mass is 32.1. The second-order valence-electron chi connectivity index (χ2n) is 4.26. The Balaban J connectivity index is 2.24. The molecule has 0 saturated heterocycles. The van der Waals surface area contributed by atoms with E-state index in [1.54, 1.807) is 24.2 Å². The van der Waals surface area contributed by atoms with Crippen LogP contribution in [0, 0.1) is 6.92 Å². The Morgan fingerprint density at radius 3 is 2.53 bits per heavy atom. The SMILES string of the molecule is Cc1cnc(N(C)Cc2ccccc2C(F)(F)F)s1. The Kier molecular flexibility index (Phi) is 3.80. The summed E-state index contributed by atoms with van der Waals surface area (Å²) in [5.74, 6) is 0. The van der Waals surface area contributed by atoms with Crippen LogP contribution < -0.4 is 4.90 Å². The molecule has 2 rings (SSSR count). The number of thiazole rings is 1. The van der Waals surface area contributed by atoms with Gasteiger partial charge in [-0.2, -0.15) is 13.2 Å². The molecule has 0 spiro atoms. The van der Waals surface area contributed by atoms with Crippen molar-refractivity contribution in [3.05, 3.63) is 46.5 Å². The Morgan fingerprint density at radius 2 is 1.95 bits per heavy atom. The topological polar surface area (TPSA) is 16.1 Å². The van der Waals surface area contributed by atoms with Gasteiger partial charge in [0.05, 0.1) is 5.56 Å². The molecule has 0 bridgehead atoms. The highest BCUT2D eigenvalue weighted by Gasteiger charge is 2.33. The molecular formula is C13H13F3N2S. The van der Waals surface area contributed by atoms with Crippen molar-refractivity contribution in [3.63, 3.8) is 0 Å². The lowest BCUT2D eigenvalue weighted by atomic mass is 10.1.